The zero-order valence-electron chi connectivity index (χ0n) is 23.2. The molecular formula is C40H34O. The number of phenolic OH excluding ortho intramolecular Hbond substituents is 1. The molecule has 0 spiro atoms. The molecule has 0 saturated carbocycles. The lowest BCUT2D eigenvalue weighted by Crippen LogP contribution is -2.09. The summed E-state index contributed by atoms with van der Waals surface area (Å²) in [6, 6.07) is 53.1. The van der Waals surface area contributed by atoms with Crippen LogP contribution in [0.25, 0.3) is 11.1 Å². The van der Waals surface area contributed by atoms with Crippen LogP contribution >= 0.6 is 0 Å². The van der Waals surface area contributed by atoms with E-state index in [-0.39, 0.29) is 0 Å². The van der Waals surface area contributed by atoms with E-state index in [0.717, 1.165) is 36.8 Å². The number of aromatic hydroxyl groups is 1. The quantitative estimate of drug-likeness (QED) is 0.197. The Morgan fingerprint density at radius 3 is 1.10 bits per heavy atom. The fraction of sp³-hybridized carbons (Fsp3) is 0.100. The minimum absolute atomic E-state index is 0.318. The van der Waals surface area contributed by atoms with Crippen molar-refractivity contribution in [3.05, 3.63) is 196 Å². The van der Waals surface area contributed by atoms with Crippen molar-refractivity contribution in [3.63, 3.8) is 0 Å². The maximum Gasteiger partial charge on any atom is 0.123 e. The highest BCUT2D eigenvalue weighted by Crippen LogP contribution is 2.41. The first-order valence-corrected chi connectivity index (χ1v) is 14.3. The number of hydrogen-bond acceptors (Lipinski definition) is 1. The summed E-state index contributed by atoms with van der Waals surface area (Å²) in [5.74, 6) is 0.318. The van der Waals surface area contributed by atoms with Gasteiger partial charge in [-0.1, -0.05) is 146 Å². The van der Waals surface area contributed by atoms with E-state index < -0.39 is 0 Å². The molecule has 6 aromatic rings. The fourth-order valence-electron chi connectivity index (χ4n) is 5.85. The number of benzene rings is 6. The van der Waals surface area contributed by atoms with E-state index in [2.05, 4.69) is 133 Å². The standard InChI is InChI=1S/C40H34O/c41-39-24-14-13-23-36(39)40-37(27-32-19-9-3-10-20-32)34(25-30-15-5-1-6-16-30)29-35(26-31-17-7-2-8-18-31)38(40)28-33-21-11-4-12-22-33/h1-24,29,41H,25-28H2. The van der Waals surface area contributed by atoms with Crippen LogP contribution in [0.3, 0.4) is 0 Å². The summed E-state index contributed by atoms with van der Waals surface area (Å²) in [7, 11) is 0. The summed E-state index contributed by atoms with van der Waals surface area (Å²) in [5, 5.41) is 11.3. The summed E-state index contributed by atoms with van der Waals surface area (Å²) in [6.07, 6.45) is 3.24. The maximum atomic E-state index is 11.3. The van der Waals surface area contributed by atoms with Gasteiger partial charge in [-0.3, -0.25) is 0 Å². The van der Waals surface area contributed by atoms with Crippen molar-refractivity contribution in [2.24, 2.45) is 0 Å². The Kier molecular flexibility index (Phi) is 8.05. The highest BCUT2D eigenvalue weighted by atomic mass is 16.3. The molecule has 200 valence electrons. The fourth-order valence-corrected chi connectivity index (χ4v) is 5.85. The largest absolute Gasteiger partial charge is 0.507 e. The molecule has 6 aromatic carbocycles. The minimum Gasteiger partial charge on any atom is -0.507 e. The van der Waals surface area contributed by atoms with Gasteiger partial charge in [-0.2, -0.15) is 0 Å². The van der Waals surface area contributed by atoms with Crippen LogP contribution < -0.4 is 0 Å². The third kappa shape index (κ3) is 6.31. The molecule has 1 heteroatoms. The SMILES string of the molecule is Oc1ccccc1-c1c(Cc2ccccc2)c(Cc2ccccc2)cc(Cc2ccccc2)c1Cc1ccccc1. The van der Waals surface area contributed by atoms with Gasteiger partial charge in [0.25, 0.3) is 0 Å². The second kappa shape index (κ2) is 12.5. The van der Waals surface area contributed by atoms with Crippen LogP contribution in [-0.4, -0.2) is 5.11 Å². The van der Waals surface area contributed by atoms with Crippen molar-refractivity contribution in [2.75, 3.05) is 0 Å². The zero-order chi connectivity index (χ0) is 27.9. The Morgan fingerprint density at radius 2 is 0.707 bits per heavy atom. The highest BCUT2D eigenvalue weighted by Gasteiger charge is 2.22. The Balaban J connectivity index is 1.65. The van der Waals surface area contributed by atoms with Gasteiger partial charge in [0, 0.05) is 5.56 Å². The number of rotatable bonds is 9. The molecule has 0 aliphatic carbocycles. The summed E-state index contributed by atoms with van der Waals surface area (Å²) in [6.45, 7) is 0. The molecular weight excluding hydrogens is 496 g/mol. The molecule has 6 rings (SSSR count). The molecule has 1 nitrogen and oxygen atoms in total. The number of phenols is 1. The van der Waals surface area contributed by atoms with Gasteiger partial charge in [0.15, 0.2) is 0 Å². The first kappa shape index (κ1) is 26.3. The van der Waals surface area contributed by atoms with E-state index in [9.17, 15) is 5.11 Å². The van der Waals surface area contributed by atoms with E-state index >= 15 is 0 Å². The van der Waals surface area contributed by atoms with Crippen LogP contribution in [0.5, 0.6) is 5.75 Å². The number of hydrogen-bond donors (Lipinski definition) is 1. The van der Waals surface area contributed by atoms with Crippen LogP contribution in [0.2, 0.25) is 0 Å². The second-order valence-corrected chi connectivity index (χ2v) is 10.7. The summed E-state index contributed by atoms with van der Waals surface area (Å²) in [5.41, 5.74) is 12.3. The van der Waals surface area contributed by atoms with Crippen molar-refractivity contribution in [3.8, 4) is 16.9 Å². The smallest absolute Gasteiger partial charge is 0.123 e. The van der Waals surface area contributed by atoms with Crippen molar-refractivity contribution < 1.29 is 5.11 Å². The third-order valence-corrected chi connectivity index (χ3v) is 7.82. The lowest BCUT2D eigenvalue weighted by molar-refractivity contribution is 0.477. The van der Waals surface area contributed by atoms with E-state index in [4.69, 9.17) is 0 Å². The number of para-hydroxylation sites is 1. The monoisotopic (exact) mass is 530 g/mol. The third-order valence-electron chi connectivity index (χ3n) is 7.82. The predicted molar refractivity (Wildman–Crippen MR) is 171 cm³/mol. The van der Waals surface area contributed by atoms with Crippen molar-refractivity contribution in [1.29, 1.82) is 0 Å². The van der Waals surface area contributed by atoms with E-state index in [1.807, 2.05) is 18.2 Å². The van der Waals surface area contributed by atoms with Gasteiger partial charge >= 0.3 is 0 Å². The first-order valence-electron chi connectivity index (χ1n) is 14.3. The molecule has 0 bridgehead atoms. The Bertz CT molecular complexity index is 1600. The van der Waals surface area contributed by atoms with Gasteiger partial charge in [-0.05, 0) is 81.8 Å². The van der Waals surface area contributed by atoms with Gasteiger partial charge in [-0.25, -0.2) is 0 Å². The molecule has 0 aliphatic rings. The van der Waals surface area contributed by atoms with Crippen LogP contribution in [0.1, 0.15) is 44.5 Å². The van der Waals surface area contributed by atoms with Gasteiger partial charge in [-0.15, -0.1) is 0 Å². The lowest BCUT2D eigenvalue weighted by Gasteiger charge is -2.24. The molecule has 0 unspecified atom stereocenters. The van der Waals surface area contributed by atoms with E-state index in [1.165, 1.54) is 44.5 Å². The highest BCUT2D eigenvalue weighted by molar-refractivity contribution is 5.79. The van der Waals surface area contributed by atoms with Crippen LogP contribution in [0.15, 0.2) is 152 Å². The molecule has 0 saturated heterocycles. The first-order chi connectivity index (χ1) is 20.2. The summed E-state index contributed by atoms with van der Waals surface area (Å²) >= 11 is 0. The summed E-state index contributed by atoms with van der Waals surface area (Å²) in [4.78, 5) is 0. The minimum atomic E-state index is 0.318. The molecule has 0 radical (unpaired) electrons. The second-order valence-electron chi connectivity index (χ2n) is 10.7. The van der Waals surface area contributed by atoms with Gasteiger partial charge in [0.2, 0.25) is 0 Å². The predicted octanol–water partition coefficient (Wildman–Crippen LogP) is 9.42. The van der Waals surface area contributed by atoms with Crippen molar-refractivity contribution in [2.45, 2.75) is 25.7 Å². The van der Waals surface area contributed by atoms with Gasteiger partial charge in [0.1, 0.15) is 5.75 Å². The topological polar surface area (TPSA) is 20.2 Å². The maximum absolute atomic E-state index is 11.3. The van der Waals surface area contributed by atoms with E-state index in [0.29, 0.717) is 5.75 Å². The molecule has 0 amide bonds. The molecule has 41 heavy (non-hydrogen) atoms. The van der Waals surface area contributed by atoms with E-state index in [1.54, 1.807) is 0 Å². The molecule has 0 fully saturated rings. The molecule has 0 atom stereocenters. The van der Waals surface area contributed by atoms with Crippen LogP contribution in [0, 0.1) is 0 Å². The molecule has 1 N–H and O–H groups in total. The molecule has 0 heterocycles. The van der Waals surface area contributed by atoms with Crippen LogP contribution in [-0.2, 0) is 25.7 Å². The van der Waals surface area contributed by atoms with Crippen molar-refractivity contribution >= 4 is 0 Å². The summed E-state index contributed by atoms with van der Waals surface area (Å²) < 4.78 is 0. The average Bonchev–Trinajstić information content (AvgIpc) is 3.02. The lowest BCUT2D eigenvalue weighted by atomic mass is 9.80. The van der Waals surface area contributed by atoms with Gasteiger partial charge in [0.05, 0.1) is 0 Å². The zero-order valence-corrected chi connectivity index (χ0v) is 23.2. The Hall–Kier alpha value is -4.88. The Morgan fingerprint density at radius 1 is 0.366 bits per heavy atom. The van der Waals surface area contributed by atoms with Crippen molar-refractivity contribution in [1.82, 2.24) is 0 Å². The molecule has 0 aliphatic heterocycles. The normalized spacial score (nSPS) is 10.9. The molecule has 0 aromatic heterocycles. The van der Waals surface area contributed by atoms with Gasteiger partial charge < -0.3 is 5.11 Å². The average molecular weight is 531 g/mol. The van der Waals surface area contributed by atoms with Crippen LogP contribution in [0.4, 0.5) is 0 Å². The Labute approximate surface area is 243 Å².